The molecule has 0 aliphatic heterocycles. The summed E-state index contributed by atoms with van der Waals surface area (Å²) in [4.78, 5) is 13.2. The third kappa shape index (κ3) is 5.28. The fraction of sp³-hybridized carbons (Fsp3) is 0.692. The summed E-state index contributed by atoms with van der Waals surface area (Å²) in [7, 11) is 5.75. The number of hydrazine groups is 1. The molecule has 1 aromatic heterocycles. The van der Waals surface area contributed by atoms with Gasteiger partial charge in [0.15, 0.2) is 5.82 Å². The lowest BCUT2D eigenvalue weighted by molar-refractivity contribution is 0.178. The number of nitrogen functional groups attached to an aromatic ring is 1. The van der Waals surface area contributed by atoms with Crippen LogP contribution >= 0.6 is 0 Å². The molecule has 114 valence electrons. The minimum absolute atomic E-state index is 0.371. The van der Waals surface area contributed by atoms with Crippen LogP contribution in [0, 0.1) is 0 Å². The zero-order chi connectivity index (χ0) is 15.0. The van der Waals surface area contributed by atoms with E-state index in [0.717, 1.165) is 31.9 Å². The van der Waals surface area contributed by atoms with Gasteiger partial charge in [0.05, 0.1) is 0 Å². The number of hydrogen-bond acceptors (Lipinski definition) is 7. The van der Waals surface area contributed by atoms with Crippen LogP contribution in [0.5, 0.6) is 0 Å². The quantitative estimate of drug-likeness (QED) is 0.509. The molecule has 20 heavy (non-hydrogen) atoms. The molecule has 3 N–H and O–H groups in total. The maximum absolute atomic E-state index is 5.47. The molecule has 7 nitrogen and oxygen atoms in total. The molecule has 7 heteroatoms. The summed E-state index contributed by atoms with van der Waals surface area (Å²) in [5.74, 6) is 7.58. The van der Waals surface area contributed by atoms with Gasteiger partial charge in [0.2, 0.25) is 0 Å². The van der Waals surface area contributed by atoms with Crippen molar-refractivity contribution in [2.45, 2.75) is 20.0 Å². The first-order chi connectivity index (χ1) is 9.60. The van der Waals surface area contributed by atoms with Crippen LogP contribution in [-0.4, -0.2) is 55.7 Å². The average Bonchev–Trinajstić information content (AvgIpc) is 2.43. The highest BCUT2D eigenvalue weighted by Crippen LogP contribution is 2.16. The van der Waals surface area contributed by atoms with Crippen LogP contribution in [0.2, 0.25) is 0 Å². The van der Waals surface area contributed by atoms with Crippen LogP contribution in [0.3, 0.4) is 0 Å². The molecule has 0 bridgehead atoms. The number of anilines is 2. The number of ether oxygens (including phenoxy) is 1. The van der Waals surface area contributed by atoms with E-state index in [-0.39, 0.29) is 0 Å². The lowest BCUT2D eigenvalue weighted by Crippen LogP contribution is -2.33. The Labute approximate surface area is 121 Å². The predicted molar refractivity (Wildman–Crippen MR) is 81.6 cm³/mol. The van der Waals surface area contributed by atoms with Gasteiger partial charge < -0.3 is 20.0 Å². The third-order valence-corrected chi connectivity index (χ3v) is 2.81. The monoisotopic (exact) mass is 282 g/mol. The zero-order valence-electron chi connectivity index (χ0n) is 12.9. The zero-order valence-corrected chi connectivity index (χ0v) is 12.9. The molecule has 0 atom stereocenters. The highest BCUT2D eigenvalue weighted by molar-refractivity contribution is 5.48. The molecule has 0 saturated carbocycles. The third-order valence-electron chi connectivity index (χ3n) is 2.81. The maximum Gasteiger partial charge on any atom is 0.158 e. The average molecular weight is 282 g/mol. The van der Waals surface area contributed by atoms with Crippen molar-refractivity contribution in [2.24, 2.45) is 5.84 Å². The van der Waals surface area contributed by atoms with Crippen LogP contribution in [0.1, 0.15) is 19.2 Å². The Kier molecular flexibility index (Phi) is 7.21. The predicted octanol–water partition coefficient (Wildman–Crippen LogP) is 0.687. The largest absolute Gasteiger partial charge is 0.377 e. The van der Waals surface area contributed by atoms with Gasteiger partial charge in [-0.15, -0.1) is 0 Å². The standard InChI is InChI=1S/C13H26N6O/c1-5-6-19(8-7-18(2)3)13-9-11(17-14)15-12(16-13)10-20-4/h9H,5-8,10,14H2,1-4H3,(H,15,16,17). The fourth-order valence-electron chi connectivity index (χ4n) is 1.84. The number of nitrogens with two attached hydrogens (primary N) is 1. The van der Waals surface area contributed by atoms with Crippen molar-refractivity contribution >= 4 is 11.6 Å². The molecule has 0 amide bonds. The summed E-state index contributed by atoms with van der Waals surface area (Å²) in [5, 5.41) is 0. The number of likely N-dealkylation sites (N-methyl/N-ethyl adjacent to an activating group) is 1. The Bertz CT molecular complexity index is 398. The first-order valence-electron chi connectivity index (χ1n) is 6.83. The molecule has 0 saturated heterocycles. The molecular formula is C13H26N6O. The first-order valence-corrected chi connectivity index (χ1v) is 6.83. The fourth-order valence-corrected chi connectivity index (χ4v) is 1.84. The molecule has 1 rings (SSSR count). The normalized spacial score (nSPS) is 10.9. The van der Waals surface area contributed by atoms with Gasteiger partial charge in [-0.25, -0.2) is 15.8 Å². The SMILES string of the molecule is CCCN(CCN(C)C)c1cc(NN)nc(COC)n1. The van der Waals surface area contributed by atoms with E-state index in [1.807, 2.05) is 6.07 Å². The van der Waals surface area contributed by atoms with Crippen LogP contribution in [0.25, 0.3) is 0 Å². The Morgan fingerprint density at radius 1 is 1.25 bits per heavy atom. The van der Waals surface area contributed by atoms with Gasteiger partial charge in [0.25, 0.3) is 0 Å². The van der Waals surface area contributed by atoms with Gasteiger partial charge >= 0.3 is 0 Å². The second-order valence-corrected chi connectivity index (χ2v) is 4.90. The van der Waals surface area contributed by atoms with Crippen molar-refractivity contribution in [2.75, 3.05) is 51.2 Å². The molecule has 0 aliphatic carbocycles. The highest BCUT2D eigenvalue weighted by atomic mass is 16.5. The molecule has 0 aromatic carbocycles. The van der Waals surface area contributed by atoms with E-state index in [0.29, 0.717) is 18.2 Å². The summed E-state index contributed by atoms with van der Waals surface area (Å²) in [6.07, 6.45) is 1.06. The molecule has 1 aromatic rings. The summed E-state index contributed by atoms with van der Waals surface area (Å²) in [5.41, 5.74) is 2.58. The highest BCUT2D eigenvalue weighted by Gasteiger charge is 2.11. The van der Waals surface area contributed by atoms with E-state index in [2.05, 4.69) is 46.2 Å². The van der Waals surface area contributed by atoms with Crippen molar-refractivity contribution < 1.29 is 4.74 Å². The lowest BCUT2D eigenvalue weighted by Gasteiger charge is -2.25. The minimum atomic E-state index is 0.371. The van der Waals surface area contributed by atoms with Crippen LogP contribution in [0.15, 0.2) is 6.07 Å². The second kappa shape index (κ2) is 8.68. The van der Waals surface area contributed by atoms with Gasteiger partial charge in [-0.2, -0.15) is 0 Å². The molecule has 0 aliphatic rings. The number of aromatic nitrogens is 2. The molecule has 0 radical (unpaired) electrons. The van der Waals surface area contributed by atoms with Crippen LogP contribution in [-0.2, 0) is 11.3 Å². The van der Waals surface area contributed by atoms with E-state index < -0.39 is 0 Å². The van der Waals surface area contributed by atoms with Gasteiger partial charge in [-0.05, 0) is 20.5 Å². The van der Waals surface area contributed by atoms with Crippen LogP contribution in [0.4, 0.5) is 11.6 Å². The Hall–Kier alpha value is -1.44. The van der Waals surface area contributed by atoms with Gasteiger partial charge in [0.1, 0.15) is 18.2 Å². The smallest absolute Gasteiger partial charge is 0.158 e. The Morgan fingerprint density at radius 3 is 2.55 bits per heavy atom. The van der Waals surface area contributed by atoms with Crippen molar-refractivity contribution in [1.82, 2.24) is 14.9 Å². The van der Waals surface area contributed by atoms with Crippen molar-refractivity contribution in [1.29, 1.82) is 0 Å². The van der Waals surface area contributed by atoms with E-state index in [1.54, 1.807) is 7.11 Å². The Morgan fingerprint density at radius 2 is 2.00 bits per heavy atom. The van der Waals surface area contributed by atoms with Crippen molar-refractivity contribution in [3.63, 3.8) is 0 Å². The summed E-state index contributed by atoms with van der Waals surface area (Å²) < 4.78 is 5.10. The van der Waals surface area contributed by atoms with Gasteiger partial charge in [-0.1, -0.05) is 6.92 Å². The summed E-state index contributed by atoms with van der Waals surface area (Å²) in [6, 6.07) is 1.87. The molecule has 0 spiro atoms. The lowest BCUT2D eigenvalue weighted by atomic mass is 10.3. The Balaban J connectivity index is 2.94. The van der Waals surface area contributed by atoms with Crippen molar-refractivity contribution in [3.8, 4) is 0 Å². The maximum atomic E-state index is 5.47. The van der Waals surface area contributed by atoms with E-state index in [9.17, 15) is 0 Å². The summed E-state index contributed by atoms with van der Waals surface area (Å²) in [6.45, 7) is 5.35. The summed E-state index contributed by atoms with van der Waals surface area (Å²) >= 11 is 0. The molecule has 0 unspecified atom stereocenters. The van der Waals surface area contributed by atoms with Crippen molar-refractivity contribution in [3.05, 3.63) is 11.9 Å². The molecular weight excluding hydrogens is 256 g/mol. The van der Waals surface area contributed by atoms with E-state index in [1.165, 1.54) is 0 Å². The van der Waals surface area contributed by atoms with E-state index >= 15 is 0 Å². The number of rotatable bonds is 9. The molecule has 1 heterocycles. The van der Waals surface area contributed by atoms with Crippen LogP contribution < -0.4 is 16.2 Å². The van der Waals surface area contributed by atoms with Gasteiger partial charge in [0, 0.05) is 32.8 Å². The first kappa shape index (κ1) is 16.6. The molecule has 0 fully saturated rings. The number of hydrogen-bond donors (Lipinski definition) is 2. The minimum Gasteiger partial charge on any atom is -0.377 e. The van der Waals surface area contributed by atoms with E-state index in [4.69, 9.17) is 10.6 Å². The number of methoxy groups -OCH3 is 1. The second-order valence-electron chi connectivity index (χ2n) is 4.90. The number of nitrogens with zero attached hydrogens (tertiary/aromatic N) is 4. The van der Waals surface area contributed by atoms with Gasteiger partial charge in [-0.3, -0.25) is 0 Å². The topological polar surface area (TPSA) is 79.5 Å². The number of nitrogens with one attached hydrogen (secondary N) is 1.